The first-order valence-corrected chi connectivity index (χ1v) is 3.23. The van der Waals surface area contributed by atoms with Gasteiger partial charge in [0, 0.05) is 18.2 Å². The number of aliphatic imine (C=N–C) groups is 1. The average molecular weight is 124 g/mol. The van der Waals surface area contributed by atoms with Gasteiger partial charge in [0.05, 0.1) is 0 Å². The van der Waals surface area contributed by atoms with Crippen molar-refractivity contribution in [2.24, 2.45) is 16.6 Å². The monoisotopic (exact) mass is 124 g/mol. The Hall–Kier alpha value is -0.790. The van der Waals surface area contributed by atoms with Gasteiger partial charge in [0.15, 0.2) is 0 Å². The molecular formula is C7H12N2. The van der Waals surface area contributed by atoms with E-state index >= 15 is 0 Å². The molecule has 0 radical (unpaired) electrons. The van der Waals surface area contributed by atoms with Crippen molar-refractivity contribution in [3.05, 3.63) is 12.3 Å². The highest BCUT2D eigenvalue weighted by molar-refractivity contribution is 5.59. The first-order chi connectivity index (χ1) is 4.30. The van der Waals surface area contributed by atoms with Gasteiger partial charge in [0.1, 0.15) is 0 Å². The van der Waals surface area contributed by atoms with Crippen LogP contribution in [-0.4, -0.2) is 12.8 Å². The maximum atomic E-state index is 5.51. The molecule has 0 aliphatic carbocycles. The molecule has 0 aromatic heterocycles. The number of hydrogen-bond acceptors (Lipinski definition) is 2. The van der Waals surface area contributed by atoms with Gasteiger partial charge >= 0.3 is 0 Å². The summed E-state index contributed by atoms with van der Waals surface area (Å²) in [5, 5.41) is 0. The molecule has 0 fully saturated rings. The topological polar surface area (TPSA) is 38.4 Å². The summed E-state index contributed by atoms with van der Waals surface area (Å²) in [5.41, 5.74) is 6.32. The molecule has 1 aliphatic heterocycles. The van der Waals surface area contributed by atoms with Crippen molar-refractivity contribution in [3.8, 4) is 0 Å². The smallest absolute Gasteiger partial charge is 0.0391 e. The highest BCUT2D eigenvalue weighted by Gasteiger charge is 2.10. The van der Waals surface area contributed by atoms with Crippen molar-refractivity contribution >= 4 is 6.21 Å². The Morgan fingerprint density at radius 3 is 2.89 bits per heavy atom. The van der Waals surface area contributed by atoms with E-state index in [9.17, 15) is 0 Å². The number of rotatable bonds is 1. The Morgan fingerprint density at radius 1 is 1.78 bits per heavy atom. The standard InChI is InChI=1S/C7H12N2/c1-6(8)7-2-4-9-5-3-7/h4,7H,1-3,5,8H2/t7-/m0/s1. The molecule has 0 aromatic rings. The lowest BCUT2D eigenvalue weighted by atomic mass is 9.97. The molecular weight excluding hydrogens is 112 g/mol. The summed E-state index contributed by atoms with van der Waals surface area (Å²) in [5.74, 6) is 0.488. The van der Waals surface area contributed by atoms with E-state index in [0.717, 1.165) is 25.1 Å². The molecule has 0 aromatic carbocycles. The Morgan fingerprint density at radius 2 is 2.56 bits per heavy atom. The third kappa shape index (κ3) is 1.56. The molecule has 2 N–H and O–H groups in total. The number of nitrogens with two attached hydrogens (primary N) is 1. The van der Waals surface area contributed by atoms with E-state index in [1.54, 1.807) is 0 Å². The van der Waals surface area contributed by atoms with Crippen LogP contribution in [-0.2, 0) is 0 Å². The second-order valence-corrected chi connectivity index (χ2v) is 2.38. The maximum absolute atomic E-state index is 5.51. The number of nitrogens with zero attached hydrogens (tertiary/aromatic N) is 1. The number of hydrogen-bond donors (Lipinski definition) is 1. The maximum Gasteiger partial charge on any atom is 0.0391 e. The molecule has 0 spiro atoms. The Balaban J connectivity index is 2.44. The molecule has 1 aliphatic rings. The number of allylic oxidation sites excluding steroid dienone is 1. The van der Waals surface area contributed by atoms with E-state index < -0.39 is 0 Å². The van der Waals surface area contributed by atoms with Gasteiger partial charge in [-0.15, -0.1) is 0 Å². The summed E-state index contributed by atoms with van der Waals surface area (Å²) in [7, 11) is 0. The van der Waals surface area contributed by atoms with E-state index in [1.165, 1.54) is 0 Å². The van der Waals surface area contributed by atoms with E-state index in [-0.39, 0.29) is 0 Å². The predicted molar refractivity (Wildman–Crippen MR) is 39.4 cm³/mol. The molecule has 9 heavy (non-hydrogen) atoms. The molecule has 0 bridgehead atoms. The van der Waals surface area contributed by atoms with Crippen LogP contribution < -0.4 is 5.73 Å². The third-order valence-electron chi connectivity index (χ3n) is 1.65. The molecule has 0 saturated heterocycles. The molecule has 1 atom stereocenters. The highest BCUT2D eigenvalue weighted by atomic mass is 14.7. The molecule has 0 amide bonds. The third-order valence-corrected chi connectivity index (χ3v) is 1.65. The first kappa shape index (κ1) is 6.33. The van der Waals surface area contributed by atoms with Crippen molar-refractivity contribution in [1.82, 2.24) is 0 Å². The van der Waals surface area contributed by atoms with Crippen LogP contribution in [0.25, 0.3) is 0 Å². The van der Waals surface area contributed by atoms with E-state index in [2.05, 4.69) is 11.6 Å². The Bertz CT molecular complexity index is 138. The summed E-state index contributed by atoms with van der Waals surface area (Å²) in [4.78, 5) is 4.09. The second-order valence-electron chi connectivity index (χ2n) is 2.38. The van der Waals surface area contributed by atoms with Crippen molar-refractivity contribution in [3.63, 3.8) is 0 Å². The molecule has 1 rings (SSSR count). The lowest BCUT2D eigenvalue weighted by Crippen LogP contribution is -2.15. The minimum Gasteiger partial charge on any atom is -0.402 e. The Kier molecular flexibility index (Phi) is 1.88. The second kappa shape index (κ2) is 2.67. The minimum atomic E-state index is 0.488. The van der Waals surface area contributed by atoms with Crippen LogP contribution in [0.15, 0.2) is 17.3 Å². The molecule has 1 heterocycles. The van der Waals surface area contributed by atoms with Crippen LogP contribution in [0.5, 0.6) is 0 Å². The molecule has 50 valence electrons. The minimum absolute atomic E-state index is 0.488. The van der Waals surface area contributed by atoms with Gasteiger partial charge in [-0.3, -0.25) is 4.99 Å². The van der Waals surface area contributed by atoms with Crippen LogP contribution in [0.3, 0.4) is 0 Å². The van der Waals surface area contributed by atoms with Crippen LogP contribution in [0.2, 0.25) is 0 Å². The van der Waals surface area contributed by atoms with Gasteiger partial charge in [0.2, 0.25) is 0 Å². The van der Waals surface area contributed by atoms with Gasteiger partial charge in [-0.2, -0.15) is 0 Å². The summed E-state index contributed by atoms with van der Waals surface area (Å²) in [6.07, 6.45) is 3.99. The van der Waals surface area contributed by atoms with Crippen molar-refractivity contribution in [1.29, 1.82) is 0 Å². The van der Waals surface area contributed by atoms with Crippen LogP contribution in [0.1, 0.15) is 12.8 Å². The van der Waals surface area contributed by atoms with Crippen molar-refractivity contribution in [2.45, 2.75) is 12.8 Å². The highest BCUT2D eigenvalue weighted by Crippen LogP contribution is 2.15. The molecule has 0 saturated carbocycles. The average Bonchev–Trinajstić information content (AvgIpc) is 1.90. The van der Waals surface area contributed by atoms with Crippen LogP contribution in [0.4, 0.5) is 0 Å². The molecule has 2 heteroatoms. The van der Waals surface area contributed by atoms with E-state index in [4.69, 9.17) is 5.73 Å². The summed E-state index contributed by atoms with van der Waals surface area (Å²) in [6.45, 7) is 4.61. The summed E-state index contributed by atoms with van der Waals surface area (Å²) < 4.78 is 0. The Labute approximate surface area is 55.5 Å². The zero-order valence-electron chi connectivity index (χ0n) is 5.51. The predicted octanol–water partition coefficient (Wildman–Crippen LogP) is 0.940. The SMILES string of the molecule is C=C(N)[C@H]1CC=NCC1. The lowest BCUT2D eigenvalue weighted by Gasteiger charge is -2.15. The fourth-order valence-electron chi connectivity index (χ4n) is 0.978. The van der Waals surface area contributed by atoms with Gasteiger partial charge in [-0.25, -0.2) is 0 Å². The van der Waals surface area contributed by atoms with Crippen molar-refractivity contribution < 1.29 is 0 Å². The molecule has 2 nitrogen and oxygen atoms in total. The fraction of sp³-hybridized carbons (Fsp3) is 0.571. The zero-order chi connectivity index (χ0) is 6.69. The summed E-state index contributed by atoms with van der Waals surface area (Å²) >= 11 is 0. The first-order valence-electron chi connectivity index (χ1n) is 3.23. The molecule has 0 unspecified atom stereocenters. The largest absolute Gasteiger partial charge is 0.402 e. The van der Waals surface area contributed by atoms with Crippen molar-refractivity contribution in [2.75, 3.05) is 6.54 Å². The lowest BCUT2D eigenvalue weighted by molar-refractivity contribution is 0.570. The van der Waals surface area contributed by atoms with E-state index in [1.807, 2.05) is 6.21 Å². The van der Waals surface area contributed by atoms with Crippen LogP contribution >= 0.6 is 0 Å². The normalized spacial score (nSPS) is 26.0. The van der Waals surface area contributed by atoms with Crippen LogP contribution in [0, 0.1) is 5.92 Å². The summed E-state index contributed by atoms with van der Waals surface area (Å²) in [6, 6.07) is 0. The van der Waals surface area contributed by atoms with Gasteiger partial charge < -0.3 is 5.73 Å². The van der Waals surface area contributed by atoms with Gasteiger partial charge in [-0.1, -0.05) is 6.58 Å². The zero-order valence-corrected chi connectivity index (χ0v) is 5.51. The van der Waals surface area contributed by atoms with Gasteiger partial charge in [-0.05, 0) is 19.1 Å². The quantitative estimate of drug-likeness (QED) is 0.555. The fourth-order valence-corrected chi connectivity index (χ4v) is 0.978. The van der Waals surface area contributed by atoms with Gasteiger partial charge in [0.25, 0.3) is 0 Å². The van der Waals surface area contributed by atoms with E-state index in [0.29, 0.717) is 5.92 Å².